The fraction of sp³-hybridized carbons (Fsp3) is 0.259. The van der Waals surface area contributed by atoms with Crippen LogP contribution in [0, 0.1) is 5.92 Å². The van der Waals surface area contributed by atoms with E-state index in [-0.39, 0.29) is 11.5 Å². The lowest BCUT2D eigenvalue weighted by Crippen LogP contribution is -2.37. The largest absolute Gasteiger partial charge is 0.504 e. The van der Waals surface area contributed by atoms with Gasteiger partial charge in [-0.25, -0.2) is 9.96 Å². The summed E-state index contributed by atoms with van der Waals surface area (Å²) in [6.45, 7) is 2.60. The molecule has 0 radical (unpaired) electrons. The smallest absolute Gasteiger partial charge is 0.266 e. The lowest BCUT2D eigenvalue weighted by atomic mass is 9.90. The zero-order valence-electron chi connectivity index (χ0n) is 19.5. The zero-order valence-corrected chi connectivity index (χ0v) is 19.5. The number of phenols is 1. The van der Waals surface area contributed by atoms with Crippen LogP contribution in [0.1, 0.15) is 24.9 Å². The molecule has 2 aliphatic heterocycles. The van der Waals surface area contributed by atoms with Crippen LogP contribution in [0.15, 0.2) is 72.8 Å². The standard InChI is InChI=1S/C27H26N2O6/c1-3-16-34-19-14-12-17(13-15-19)28-26(31)22-23(20-10-7-11-21(33-2)24(20)30)29(35-25(22)27(28)32)18-8-5-4-6-9-18/h4-15,22-23,25,30H,3,16H2,1-2H3/t22-,23-,25-/m1/s1. The number of ether oxygens (including phenoxy) is 2. The summed E-state index contributed by atoms with van der Waals surface area (Å²) < 4.78 is 10.9. The van der Waals surface area contributed by atoms with Gasteiger partial charge >= 0.3 is 0 Å². The first-order chi connectivity index (χ1) is 17.0. The molecule has 0 saturated carbocycles. The molecule has 2 saturated heterocycles. The third-order valence-corrected chi connectivity index (χ3v) is 6.26. The fourth-order valence-electron chi connectivity index (χ4n) is 4.64. The van der Waals surface area contributed by atoms with E-state index in [0.717, 1.165) is 11.3 Å². The number of phenolic OH excluding ortho intramolecular Hbond substituents is 1. The number of hydrogen-bond acceptors (Lipinski definition) is 7. The summed E-state index contributed by atoms with van der Waals surface area (Å²) in [7, 11) is 1.46. The van der Waals surface area contributed by atoms with Crippen LogP contribution in [0.5, 0.6) is 17.2 Å². The lowest BCUT2D eigenvalue weighted by Gasteiger charge is -2.29. The quantitative estimate of drug-likeness (QED) is 0.513. The van der Waals surface area contributed by atoms with Crippen LogP contribution in [0.2, 0.25) is 0 Å². The van der Waals surface area contributed by atoms with Crippen LogP contribution >= 0.6 is 0 Å². The van der Waals surface area contributed by atoms with Crippen molar-refractivity contribution in [1.29, 1.82) is 0 Å². The summed E-state index contributed by atoms with van der Waals surface area (Å²) >= 11 is 0. The molecular formula is C27H26N2O6. The first-order valence-electron chi connectivity index (χ1n) is 11.5. The van der Waals surface area contributed by atoms with Gasteiger partial charge in [-0.15, -0.1) is 0 Å². The van der Waals surface area contributed by atoms with Crippen molar-refractivity contribution in [3.05, 3.63) is 78.4 Å². The SMILES string of the molecule is CCCOc1ccc(N2C(=O)[C@@H]3[C@@H](c4cccc(OC)c4O)N(c4ccccc4)O[C@H]3C2=O)cc1. The molecule has 3 aromatic rings. The Morgan fingerprint density at radius 2 is 1.66 bits per heavy atom. The second-order valence-corrected chi connectivity index (χ2v) is 8.41. The summed E-state index contributed by atoms with van der Waals surface area (Å²) in [4.78, 5) is 34.5. The molecule has 8 heteroatoms. The molecule has 35 heavy (non-hydrogen) atoms. The van der Waals surface area contributed by atoms with Gasteiger partial charge in [-0.1, -0.05) is 37.3 Å². The molecule has 2 heterocycles. The third kappa shape index (κ3) is 3.85. The minimum absolute atomic E-state index is 0.0960. The van der Waals surface area contributed by atoms with Crippen molar-refractivity contribution < 1.29 is 29.0 Å². The average Bonchev–Trinajstić information content (AvgIpc) is 3.39. The van der Waals surface area contributed by atoms with Crippen molar-refractivity contribution in [1.82, 2.24) is 0 Å². The molecule has 8 nitrogen and oxygen atoms in total. The van der Waals surface area contributed by atoms with E-state index in [4.69, 9.17) is 14.3 Å². The Kier molecular flexibility index (Phi) is 6.05. The van der Waals surface area contributed by atoms with Crippen LogP contribution in [-0.2, 0) is 14.4 Å². The van der Waals surface area contributed by atoms with Crippen molar-refractivity contribution in [2.75, 3.05) is 23.7 Å². The van der Waals surface area contributed by atoms with Gasteiger partial charge in [0.25, 0.3) is 5.91 Å². The van der Waals surface area contributed by atoms with Gasteiger partial charge in [-0.2, -0.15) is 0 Å². The van der Waals surface area contributed by atoms with Gasteiger partial charge in [-0.3, -0.25) is 14.4 Å². The van der Waals surface area contributed by atoms with Crippen LogP contribution in [0.3, 0.4) is 0 Å². The van der Waals surface area contributed by atoms with E-state index >= 15 is 0 Å². The Hall–Kier alpha value is -4.04. The molecule has 3 aromatic carbocycles. The lowest BCUT2D eigenvalue weighted by molar-refractivity contribution is -0.126. The number of hydrogen-bond donors (Lipinski definition) is 1. The van der Waals surface area contributed by atoms with E-state index in [0.29, 0.717) is 29.3 Å². The van der Waals surface area contributed by atoms with Gasteiger partial charge in [0, 0.05) is 5.56 Å². The normalized spacial score (nSPS) is 21.4. The predicted octanol–water partition coefficient (Wildman–Crippen LogP) is 4.24. The van der Waals surface area contributed by atoms with E-state index in [2.05, 4.69) is 0 Å². The number of para-hydroxylation sites is 2. The summed E-state index contributed by atoms with van der Waals surface area (Å²) in [5.74, 6) is -0.866. The molecule has 5 rings (SSSR count). The number of imide groups is 1. The number of carbonyl (C=O) groups excluding carboxylic acids is 2. The van der Waals surface area contributed by atoms with E-state index in [1.165, 1.54) is 7.11 Å². The minimum atomic E-state index is -1.03. The Balaban J connectivity index is 1.54. The number of methoxy groups -OCH3 is 1. The van der Waals surface area contributed by atoms with Crippen molar-refractivity contribution in [2.45, 2.75) is 25.5 Å². The van der Waals surface area contributed by atoms with Crippen molar-refractivity contribution >= 4 is 23.2 Å². The molecular weight excluding hydrogens is 448 g/mol. The molecule has 3 atom stereocenters. The van der Waals surface area contributed by atoms with Gasteiger partial charge in [0.1, 0.15) is 17.7 Å². The number of carbonyl (C=O) groups is 2. The van der Waals surface area contributed by atoms with E-state index < -0.39 is 29.9 Å². The Morgan fingerprint density at radius 1 is 0.914 bits per heavy atom. The highest BCUT2D eigenvalue weighted by Crippen LogP contribution is 2.50. The molecule has 0 spiro atoms. The number of amides is 2. The van der Waals surface area contributed by atoms with Crippen molar-refractivity contribution in [2.24, 2.45) is 5.92 Å². The predicted molar refractivity (Wildman–Crippen MR) is 129 cm³/mol. The molecule has 2 fully saturated rings. The molecule has 0 unspecified atom stereocenters. The van der Waals surface area contributed by atoms with Gasteiger partial charge in [0.2, 0.25) is 5.91 Å². The third-order valence-electron chi connectivity index (χ3n) is 6.26. The van der Waals surface area contributed by atoms with Crippen LogP contribution in [0.4, 0.5) is 11.4 Å². The number of rotatable bonds is 7. The van der Waals surface area contributed by atoms with Crippen LogP contribution < -0.4 is 19.4 Å². The Bertz CT molecular complexity index is 1230. The van der Waals surface area contributed by atoms with E-state index in [1.807, 2.05) is 37.3 Å². The maximum absolute atomic E-state index is 13.7. The summed E-state index contributed by atoms with van der Waals surface area (Å²) in [6.07, 6.45) is -0.156. The number of benzene rings is 3. The summed E-state index contributed by atoms with van der Waals surface area (Å²) in [5.41, 5.74) is 1.55. The van der Waals surface area contributed by atoms with Crippen LogP contribution in [0.25, 0.3) is 0 Å². The zero-order chi connectivity index (χ0) is 24.5. The molecule has 0 aliphatic carbocycles. The van der Waals surface area contributed by atoms with Gasteiger partial charge < -0.3 is 14.6 Å². The second-order valence-electron chi connectivity index (χ2n) is 8.41. The molecule has 2 aliphatic rings. The molecule has 0 aromatic heterocycles. The first-order valence-corrected chi connectivity index (χ1v) is 11.5. The van der Waals surface area contributed by atoms with Crippen molar-refractivity contribution in [3.63, 3.8) is 0 Å². The monoisotopic (exact) mass is 474 g/mol. The second kappa shape index (κ2) is 9.31. The number of hydroxylamine groups is 1. The Labute approximate surface area is 203 Å². The van der Waals surface area contributed by atoms with Gasteiger partial charge in [0.15, 0.2) is 17.6 Å². The van der Waals surface area contributed by atoms with Crippen LogP contribution in [-0.4, -0.2) is 36.7 Å². The highest BCUT2D eigenvalue weighted by atomic mass is 16.7. The average molecular weight is 475 g/mol. The van der Waals surface area contributed by atoms with Crippen molar-refractivity contribution in [3.8, 4) is 17.2 Å². The molecule has 2 amide bonds. The highest BCUT2D eigenvalue weighted by Gasteiger charge is 2.60. The molecule has 1 N–H and O–H groups in total. The fourth-order valence-corrected chi connectivity index (χ4v) is 4.64. The van der Waals surface area contributed by atoms with Gasteiger partial charge in [0.05, 0.1) is 25.1 Å². The molecule has 180 valence electrons. The molecule has 0 bridgehead atoms. The number of aromatic hydroxyl groups is 1. The Morgan fingerprint density at radius 3 is 2.34 bits per heavy atom. The summed E-state index contributed by atoms with van der Waals surface area (Å²) in [5, 5.41) is 12.5. The first kappa shape index (κ1) is 22.7. The van der Waals surface area contributed by atoms with E-state index in [9.17, 15) is 14.7 Å². The minimum Gasteiger partial charge on any atom is -0.504 e. The number of nitrogens with zero attached hydrogens (tertiary/aromatic N) is 2. The number of fused-ring (bicyclic) bond motifs is 1. The highest BCUT2D eigenvalue weighted by molar-refractivity contribution is 6.24. The topological polar surface area (TPSA) is 88.5 Å². The van der Waals surface area contributed by atoms with Gasteiger partial charge in [-0.05, 0) is 48.9 Å². The maximum atomic E-state index is 13.7. The maximum Gasteiger partial charge on any atom is 0.266 e. The number of anilines is 2. The van der Waals surface area contributed by atoms with E-state index in [1.54, 1.807) is 47.5 Å². The summed E-state index contributed by atoms with van der Waals surface area (Å²) in [6, 6.07) is 20.4.